The van der Waals surface area contributed by atoms with Crippen molar-refractivity contribution in [2.75, 3.05) is 51.3 Å². The van der Waals surface area contributed by atoms with E-state index in [9.17, 15) is 31.1 Å². The van der Waals surface area contributed by atoms with Crippen LogP contribution in [0.4, 0.5) is 32.0 Å². The average Bonchev–Trinajstić information content (AvgIpc) is 2.67. The Balaban J connectivity index is 1.80. The second-order valence-electron chi connectivity index (χ2n) is 7.25. The first-order chi connectivity index (χ1) is 14.4. The van der Waals surface area contributed by atoms with Gasteiger partial charge in [-0.3, -0.25) is 9.69 Å². The normalized spacial score (nSPS) is 17.5. The van der Waals surface area contributed by atoms with Crippen molar-refractivity contribution in [2.45, 2.75) is 31.7 Å². The number of nitrogens with one attached hydrogen (secondary N) is 1. The van der Waals surface area contributed by atoms with E-state index in [2.05, 4.69) is 10.1 Å². The molecule has 1 saturated heterocycles. The predicted octanol–water partition coefficient (Wildman–Crippen LogP) is 4.27. The molecule has 0 bridgehead atoms. The number of ether oxygens (including phenoxy) is 1. The number of alkyl halides is 6. The zero-order chi connectivity index (χ0) is 23.2. The molecule has 1 aliphatic heterocycles. The lowest BCUT2D eigenvalue weighted by Gasteiger charge is -2.37. The van der Waals surface area contributed by atoms with Crippen LogP contribution < -0.4 is 5.32 Å². The van der Waals surface area contributed by atoms with Gasteiger partial charge in [0.05, 0.1) is 17.3 Å². The van der Waals surface area contributed by atoms with E-state index in [0.717, 1.165) is 12.1 Å². The molecule has 2 rings (SSSR count). The Kier molecular flexibility index (Phi) is 8.99. The van der Waals surface area contributed by atoms with Gasteiger partial charge < -0.3 is 15.0 Å². The minimum atomic E-state index is -4.66. The molecular weight excluding hydrogens is 452 g/mol. The molecule has 0 radical (unpaired) electrons. The summed E-state index contributed by atoms with van der Waals surface area (Å²) in [5.74, 6) is -0.568. The quantitative estimate of drug-likeness (QED) is 0.450. The number of carbonyl (C=O) groups is 1. The number of halogens is 7. The SMILES string of the molecule is CC(C(=O)Nc1ccc(Cl)cc1C(F)(F)F)N1CCN(CCCOCC(F)(F)F)CC1. The van der Waals surface area contributed by atoms with Crippen LogP contribution >= 0.6 is 11.6 Å². The first-order valence-electron chi connectivity index (χ1n) is 9.65. The van der Waals surface area contributed by atoms with E-state index in [1.165, 1.54) is 6.07 Å². The summed E-state index contributed by atoms with van der Waals surface area (Å²) in [6, 6.07) is 2.50. The fraction of sp³-hybridized carbons (Fsp3) is 0.632. The molecule has 1 aromatic carbocycles. The Hall–Kier alpha value is -1.56. The fourth-order valence-corrected chi connectivity index (χ4v) is 3.39. The number of amides is 1. The maximum Gasteiger partial charge on any atom is 0.418 e. The third kappa shape index (κ3) is 8.47. The number of carbonyl (C=O) groups excluding carboxylic acids is 1. The summed E-state index contributed by atoms with van der Waals surface area (Å²) < 4.78 is 80.2. The van der Waals surface area contributed by atoms with Gasteiger partial charge in [-0.1, -0.05) is 11.6 Å². The number of hydrogen-bond acceptors (Lipinski definition) is 4. The zero-order valence-corrected chi connectivity index (χ0v) is 17.6. The number of nitrogens with zero attached hydrogens (tertiary/aromatic N) is 2. The van der Waals surface area contributed by atoms with E-state index >= 15 is 0 Å². The van der Waals surface area contributed by atoms with Gasteiger partial charge in [0.2, 0.25) is 5.91 Å². The largest absolute Gasteiger partial charge is 0.418 e. The number of benzene rings is 1. The maximum absolute atomic E-state index is 13.2. The van der Waals surface area contributed by atoms with Crippen LogP contribution in [0, 0.1) is 0 Å². The molecule has 1 heterocycles. The van der Waals surface area contributed by atoms with E-state index in [4.69, 9.17) is 11.6 Å². The lowest BCUT2D eigenvalue weighted by molar-refractivity contribution is -0.174. The highest BCUT2D eigenvalue weighted by atomic mass is 35.5. The van der Waals surface area contributed by atoms with Crippen molar-refractivity contribution in [3.05, 3.63) is 28.8 Å². The van der Waals surface area contributed by atoms with E-state index in [0.29, 0.717) is 39.1 Å². The van der Waals surface area contributed by atoms with Crippen LogP contribution in [0.5, 0.6) is 0 Å². The third-order valence-corrected chi connectivity index (χ3v) is 5.14. The number of hydrogen-bond donors (Lipinski definition) is 1. The van der Waals surface area contributed by atoms with Crippen LogP contribution in [0.2, 0.25) is 5.02 Å². The molecule has 0 spiro atoms. The van der Waals surface area contributed by atoms with Gasteiger partial charge in [0.25, 0.3) is 0 Å². The minimum Gasteiger partial charge on any atom is -0.372 e. The molecule has 1 aliphatic rings. The second-order valence-corrected chi connectivity index (χ2v) is 7.69. The van der Waals surface area contributed by atoms with Gasteiger partial charge in [0.15, 0.2) is 0 Å². The molecule has 12 heteroatoms. The summed E-state index contributed by atoms with van der Waals surface area (Å²) in [4.78, 5) is 16.4. The highest BCUT2D eigenvalue weighted by Gasteiger charge is 2.35. The average molecular weight is 476 g/mol. The molecule has 1 amide bonds. The van der Waals surface area contributed by atoms with Crippen LogP contribution in [0.3, 0.4) is 0 Å². The molecule has 1 unspecified atom stereocenters. The van der Waals surface area contributed by atoms with Crippen molar-refractivity contribution < 1.29 is 35.9 Å². The van der Waals surface area contributed by atoms with E-state index in [-0.39, 0.29) is 17.3 Å². The summed E-state index contributed by atoms with van der Waals surface area (Å²) in [5, 5.41) is 2.25. The lowest BCUT2D eigenvalue weighted by atomic mass is 10.1. The molecule has 31 heavy (non-hydrogen) atoms. The third-order valence-electron chi connectivity index (χ3n) is 4.91. The van der Waals surface area contributed by atoms with Crippen molar-refractivity contribution in [1.82, 2.24) is 9.80 Å². The second kappa shape index (κ2) is 10.8. The van der Waals surface area contributed by atoms with Crippen LogP contribution in [-0.4, -0.2) is 73.9 Å². The molecule has 1 aromatic rings. The van der Waals surface area contributed by atoms with Gasteiger partial charge in [-0.2, -0.15) is 26.3 Å². The van der Waals surface area contributed by atoms with Crippen molar-refractivity contribution >= 4 is 23.2 Å². The first kappa shape index (κ1) is 25.7. The van der Waals surface area contributed by atoms with E-state index in [1.807, 2.05) is 9.80 Å². The summed E-state index contributed by atoms with van der Waals surface area (Å²) in [6.07, 6.45) is -8.55. The molecular formula is C19H24ClF6N3O2. The van der Waals surface area contributed by atoms with Gasteiger partial charge in [-0.15, -0.1) is 0 Å². The van der Waals surface area contributed by atoms with Crippen molar-refractivity contribution in [1.29, 1.82) is 0 Å². The monoisotopic (exact) mass is 475 g/mol. The fourth-order valence-electron chi connectivity index (χ4n) is 3.22. The van der Waals surface area contributed by atoms with Crippen LogP contribution in [0.1, 0.15) is 18.9 Å². The minimum absolute atomic E-state index is 0.00115. The van der Waals surface area contributed by atoms with Crippen LogP contribution in [-0.2, 0) is 15.7 Å². The smallest absolute Gasteiger partial charge is 0.372 e. The molecule has 5 nitrogen and oxygen atoms in total. The van der Waals surface area contributed by atoms with Crippen molar-refractivity contribution in [2.24, 2.45) is 0 Å². The standard InChI is InChI=1S/C19H24ClF6N3O2/c1-13(17(30)27-16-4-3-14(20)11-15(16)19(24,25)26)29-8-6-28(7-9-29)5-2-10-31-12-18(21,22)23/h3-4,11,13H,2,5-10,12H2,1H3,(H,27,30). The summed E-state index contributed by atoms with van der Waals surface area (Å²) in [5.41, 5.74) is -1.37. The summed E-state index contributed by atoms with van der Waals surface area (Å²) in [7, 11) is 0. The molecule has 0 saturated carbocycles. The zero-order valence-electron chi connectivity index (χ0n) is 16.8. The highest BCUT2D eigenvalue weighted by Crippen LogP contribution is 2.36. The first-order valence-corrected chi connectivity index (χ1v) is 10.0. The number of piperazine rings is 1. The topological polar surface area (TPSA) is 44.8 Å². The lowest BCUT2D eigenvalue weighted by Crippen LogP contribution is -2.52. The summed E-state index contributed by atoms with van der Waals surface area (Å²) in [6.45, 7) is 3.09. The number of rotatable bonds is 8. The van der Waals surface area contributed by atoms with Crippen LogP contribution in [0.25, 0.3) is 0 Å². The Morgan fingerprint density at radius 2 is 1.81 bits per heavy atom. The Morgan fingerprint density at radius 3 is 2.39 bits per heavy atom. The molecule has 1 atom stereocenters. The van der Waals surface area contributed by atoms with Gasteiger partial charge in [0.1, 0.15) is 6.61 Å². The molecule has 0 aromatic heterocycles. The number of anilines is 1. The Bertz CT molecular complexity index is 736. The maximum atomic E-state index is 13.2. The van der Waals surface area contributed by atoms with Crippen LogP contribution in [0.15, 0.2) is 18.2 Å². The molecule has 0 aliphatic carbocycles. The van der Waals surface area contributed by atoms with Gasteiger partial charge in [0, 0.05) is 44.4 Å². The van der Waals surface area contributed by atoms with Crippen molar-refractivity contribution in [3.63, 3.8) is 0 Å². The van der Waals surface area contributed by atoms with Gasteiger partial charge in [-0.25, -0.2) is 0 Å². The van der Waals surface area contributed by atoms with Crippen molar-refractivity contribution in [3.8, 4) is 0 Å². The van der Waals surface area contributed by atoms with Gasteiger partial charge in [-0.05, 0) is 31.5 Å². The van der Waals surface area contributed by atoms with E-state index < -0.39 is 36.5 Å². The Morgan fingerprint density at radius 1 is 1.16 bits per heavy atom. The van der Waals surface area contributed by atoms with E-state index in [1.54, 1.807) is 6.92 Å². The predicted molar refractivity (Wildman–Crippen MR) is 104 cm³/mol. The Labute approximate surface area is 181 Å². The highest BCUT2D eigenvalue weighted by molar-refractivity contribution is 6.30. The molecule has 1 N–H and O–H groups in total. The molecule has 1 fully saturated rings. The van der Waals surface area contributed by atoms with Gasteiger partial charge >= 0.3 is 12.4 Å². The summed E-state index contributed by atoms with van der Waals surface area (Å²) >= 11 is 5.65. The molecule has 176 valence electrons.